The number of hydrogen-bond donors (Lipinski definition) is 1. The molecule has 3 heterocycles. The van der Waals surface area contributed by atoms with Gasteiger partial charge in [0.15, 0.2) is 5.69 Å². The molecule has 0 aliphatic carbocycles. The largest absolute Gasteiger partial charge is 0.449 e. The highest BCUT2D eigenvalue weighted by Crippen LogP contribution is 2.35. The number of benzene rings is 1. The average molecular weight is 514 g/mol. The fourth-order valence-electron chi connectivity index (χ4n) is 3.96. The standard InChI is InChI=1S/C26H22F4N4O3/c1-4-20-16(10-19(24(35)33-20)21-6-5-17(27)11-31-21)12-34-13-32-23(26(28,29)30)22(25(34)36)37-18-8-14(2)7-15(3)9-18/h5-11,13H,4,12H2,1-3H3,(H,33,35). The molecule has 0 bridgehead atoms. The summed E-state index contributed by atoms with van der Waals surface area (Å²) in [6.07, 6.45) is -2.81. The van der Waals surface area contributed by atoms with Gasteiger partial charge in [-0.1, -0.05) is 13.0 Å². The van der Waals surface area contributed by atoms with E-state index < -0.39 is 34.6 Å². The Morgan fingerprint density at radius 1 is 1.03 bits per heavy atom. The zero-order valence-corrected chi connectivity index (χ0v) is 20.1. The summed E-state index contributed by atoms with van der Waals surface area (Å²) in [4.78, 5) is 36.0. The van der Waals surface area contributed by atoms with Crippen molar-refractivity contribution in [1.29, 1.82) is 0 Å². The molecule has 4 rings (SSSR count). The number of hydrogen-bond acceptors (Lipinski definition) is 5. The van der Waals surface area contributed by atoms with Gasteiger partial charge < -0.3 is 9.72 Å². The highest BCUT2D eigenvalue weighted by atomic mass is 19.4. The first-order chi connectivity index (χ1) is 17.5. The summed E-state index contributed by atoms with van der Waals surface area (Å²) in [5, 5.41) is 0. The maximum atomic E-state index is 13.7. The Hall–Kier alpha value is -4.28. The van der Waals surface area contributed by atoms with Crippen LogP contribution in [0.3, 0.4) is 0 Å². The Kier molecular flexibility index (Phi) is 6.97. The summed E-state index contributed by atoms with van der Waals surface area (Å²) < 4.78 is 60.9. The summed E-state index contributed by atoms with van der Waals surface area (Å²) in [6, 6.07) is 8.81. The van der Waals surface area contributed by atoms with Crippen LogP contribution in [-0.4, -0.2) is 19.5 Å². The van der Waals surface area contributed by atoms with Crippen LogP contribution in [0.1, 0.15) is 35.0 Å². The first-order valence-corrected chi connectivity index (χ1v) is 11.3. The van der Waals surface area contributed by atoms with Crippen molar-refractivity contribution in [3.05, 3.63) is 104 Å². The van der Waals surface area contributed by atoms with Crippen molar-refractivity contribution in [3.63, 3.8) is 0 Å². The number of aryl methyl sites for hydroxylation is 3. The lowest BCUT2D eigenvalue weighted by atomic mass is 10.1. The van der Waals surface area contributed by atoms with E-state index in [9.17, 15) is 27.2 Å². The summed E-state index contributed by atoms with van der Waals surface area (Å²) in [5.41, 5.74) is -0.237. The molecule has 0 atom stereocenters. The lowest BCUT2D eigenvalue weighted by Gasteiger charge is -2.16. The minimum Gasteiger partial charge on any atom is -0.449 e. The first-order valence-electron chi connectivity index (χ1n) is 11.3. The monoisotopic (exact) mass is 514 g/mol. The van der Waals surface area contributed by atoms with Crippen LogP contribution in [0.2, 0.25) is 0 Å². The maximum Gasteiger partial charge on any atom is 0.437 e. The Morgan fingerprint density at radius 2 is 1.73 bits per heavy atom. The molecule has 0 unspecified atom stereocenters. The highest BCUT2D eigenvalue weighted by Gasteiger charge is 2.38. The van der Waals surface area contributed by atoms with E-state index in [0.29, 0.717) is 17.7 Å². The van der Waals surface area contributed by atoms with Crippen LogP contribution in [0.15, 0.2) is 58.5 Å². The van der Waals surface area contributed by atoms with Gasteiger partial charge in [-0.2, -0.15) is 13.2 Å². The molecule has 4 aromatic rings. The summed E-state index contributed by atoms with van der Waals surface area (Å²) in [5.74, 6) is -1.46. The second kappa shape index (κ2) is 10.00. The van der Waals surface area contributed by atoms with Crippen molar-refractivity contribution < 1.29 is 22.3 Å². The second-order valence-electron chi connectivity index (χ2n) is 8.51. The van der Waals surface area contributed by atoms with E-state index >= 15 is 0 Å². The van der Waals surface area contributed by atoms with Gasteiger partial charge in [0, 0.05) is 5.69 Å². The van der Waals surface area contributed by atoms with Gasteiger partial charge >= 0.3 is 6.18 Å². The molecule has 7 nitrogen and oxygen atoms in total. The van der Waals surface area contributed by atoms with E-state index in [1.54, 1.807) is 20.8 Å². The molecule has 0 amide bonds. The van der Waals surface area contributed by atoms with Gasteiger partial charge in [-0.25, -0.2) is 9.37 Å². The molecule has 1 N–H and O–H groups in total. The van der Waals surface area contributed by atoms with E-state index in [1.807, 2.05) is 6.07 Å². The fraction of sp³-hybridized carbons (Fsp3) is 0.231. The first kappa shape index (κ1) is 25.8. The fourth-order valence-corrected chi connectivity index (χ4v) is 3.96. The molecule has 0 saturated carbocycles. The minimum atomic E-state index is -4.93. The number of ether oxygens (including phenoxy) is 1. The maximum absolute atomic E-state index is 13.7. The number of rotatable bonds is 6. The van der Waals surface area contributed by atoms with Crippen molar-refractivity contribution in [2.24, 2.45) is 0 Å². The molecule has 0 saturated heterocycles. The lowest BCUT2D eigenvalue weighted by Crippen LogP contribution is -2.27. The highest BCUT2D eigenvalue weighted by molar-refractivity contribution is 5.59. The Morgan fingerprint density at radius 3 is 2.32 bits per heavy atom. The van der Waals surface area contributed by atoms with Gasteiger partial charge in [0.1, 0.15) is 11.6 Å². The van der Waals surface area contributed by atoms with Crippen molar-refractivity contribution >= 4 is 0 Å². The van der Waals surface area contributed by atoms with Crippen molar-refractivity contribution in [1.82, 2.24) is 19.5 Å². The number of nitrogens with zero attached hydrogens (tertiary/aromatic N) is 3. The topological polar surface area (TPSA) is 89.9 Å². The summed E-state index contributed by atoms with van der Waals surface area (Å²) >= 11 is 0. The Labute approximate surface area is 208 Å². The third-order valence-electron chi connectivity index (χ3n) is 5.59. The second-order valence-corrected chi connectivity index (χ2v) is 8.51. The summed E-state index contributed by atoms with van der Waals surface area (Å²) in [7, 11) is 0. The zero-order valence-electron chi connectivity index (χ0n) is 20.1. The number of pyridine rings is 2. The molecule has 0 aliphatic rings. The molecule has 0 fully saturated rings. The molecule has 192 valence electrons. The minimum absolute atomic E-state index is 0.0719. The molecule has 1 aromatic carbocycles. The SMILES string of the molecule is CCc1[nH]c(=O)c(-c2ccc(F)cn2)cc1Cn1cnc(C(F)(F)F)c(Oc2cc(C)cc(C)c2)c1=O. The van der Waals surface area contributed by atoms with E-state index in [0.717, 1.165) is 34.3 Å². The van der Waals surface area contributed by atoms with Gasteiger partial charge in [0.25, 0.3) is 11.1 Å². The molecule has 0 spiro atoms. The molecule has 37 heavy (non-hydrogen) atoms. The van der Waals surface area contributed by atoms with Crippen LogP contribution < -0.4 is 15.9 Å². The van der Waals surface area contributed by atoms with Crippen molar-refractivity contribution in [2.45, 2.75) is 39.9 Å². The predicted molar refractivity (Wildman–Crippen MR) is 128 cm³/mol. The average Bonchev–Trinajstić information content (AvgIpc) is 2.81. The number of aromatic amines is 1. The molecular weight excluding hydrogens is 492 g/mol. The lowest BCUT2D eigenvalue weighted by molar-refractivity contribution is -0.142. The van der Waals surface area contributed by atoms with E-state index in [2.05, 4.69) is 15.0 Å². The number of nitrogens with one attached hydrogen (secondary N) is 1. The number of alkyl halides is 3. The van der Waals surface area contributed by atoms with Crippen LogP contribution in [-0.2, 0) is 19.1 Å². The molecule has 3 aromatic heterocycles. The Balaban J connectivity index is 1.82. The van der Waals surface area contributed by atoms with Crippen LogP contribution in [0.25, 0.3) is 11.3 Å². The van der Waals surface area contributed by atoms with Crippen LogP contribution in [0.5, 0.6) is 11.5 Å². The van der Waals surface area contributed by atoms with Gasteiger partial charge in [-0.15, -0.1) is 0 Å². The van der Waals surface area contributed by atoms with Gasteiger partial charge in [0.05, 0.1) is 30.3 Å². The third-order valence-corrected chi connectivity index (χ3v) is 5.59. The Bertz CT molecular complexity index is 1550. The molecular formula is C26H22F4N4O3. The van der Waals surface area contributed by atoms with Crippen molar-refractivity contribution in [2.75, 3.05) is 0 Å². The molecule has 0 radical (unpaired) electrons. The van der Waals surface area contributed by atoms with Crippen LogP contribution in [0.4, 0.5) is 17.6 Å². The quantitative estimate of drug-likeness (QED) is 0.359. The number of halogens is 4. The molecule has 11 heteroatoms. The smallest absolute Gasteiger partial charge is 0.437 e. The normalized spacial score (nSPS) is 11.5. The predicted octanol–water partition coefficient (Wildman–Crippen LogP) is 5.17. The zero-order chi connectivity index (χ0) is 26.9. The molecule has 0 aliphatic heterocycles. The van der Waals surface area contributed by atoms with Gasteiger partial charge in [-0.05, 0) is 67.3 Å². The number of aromatic nitrogens is 4. The van der Waals surface area contributed by atoms with E-state index in [4.69, 9.17) is 4.74 Å². The van der Waals surface area contributed by atoms with Gasteiger partial charge in [0.2, 0.25) is 5.75 Å². The number of H-pyrrole nitrogens is 1. The van der Waals surface area contributed by atoms with Crippen LogP contribution >= 0.6 is 0 Å². The third kappa shape index (κ3) is 5.60. The van der Waals surface area contributed by atoms with Gasteiger partial charge in [-0.3, -0.25) is 19.1 Å². The van der Waals surface area contributed by atoms with Crippen LogP contribution in [0, 0.1) is 19.7 Å². The summed E-state index contributed by atoms with van der Waals surface area (Å²) in [6.45, 7) is 5.07. The van der Waals surface area contributed by atoms with E-state index in [1.165, 1.54) is 24.3 Å². The van der Waals surface area contributed by atoms with E-state index in [-0.39, 0.29) is 23.6 Å². The van der Waals surface area contributed by atoms with Crippen molar-refractivity contribution in [3.8, 4) is 22.8 Å².